The fourth-order valence-corrected chi connectivity index (χ4v) is 3.63. The maximum atomic E-state index is 12.1. The van der Waals surface area contributed by atoms with E-state index in [1.54, 1.807) is 6.21 Å². The van der Waals surface area contributed by atoms with Crippen LogP contribution in [0.25, 0.3) is 0 Å². The Morgan fingerprint density at radius 1 is 1.37 bits per heavy atom. The van der Waals surface area contributed by atoms with Crippen molar-refractivity contribution in [3.05, 3.63) is 35.9 Å². The summed E-state index contributed by atoms with van der Waals surface area (Å²) in [6.07, 6.45) is 6.64. The van der Waals surface area contributed by atoms with Crippen LogP contribution in [0.5, 0.6) is 0 Å². The van der Waals surface area contributed by atoms with Gasteiger partial charge in [-0.25, -0.2) is 5.43 Å². The van der Waals surface area contributed by atoms with Gasteiger partial charge >= 0.3 is 0 Å². The molecule has 100 valence electrons. The van der Waals surface area contributed by atoms with Gasteiger partial charge in [0, 0.05) is 5.92 Å². The Bertz CT molecular complexity index is 497. The van der Waals surface area contributed by atoms with Crippen LogP contribution < -0.4 is 5.43 Å². The highest BCUT2D eigenvalue weighted by Gasteiger charge is 2.64. The lowest BCUT2D eigenvalue weighted by Crippen LogP contribution is -2.22. The van der Waals surface area contributed by atoms with Crippen molar-refractivity contribution in [1.82, 2.24) is 5.43 Å². The van der Waals surface area contributed by atoms with Crippen molar-refractivity contribution in [3.63, 3.8) is 0 Å². The first-order chi connectivity index (χ1) is 9.22. The molecule has 3 rings (SSSR count). The smallest absolute Gasteiger partial charge is 0.244 e. The molecule has 19 heavy (non-hydrogen) atoms. The first-order valence-electron chi connectivity index (χ1n) is 7.10. The molecule has 0 heterocycles. The monoisotopic (exact) mass is 256 g/mol. The molecule has 0 saturated heterocycles. The molecule has 2 aliphatic rings. The third-order valence-electron chi connectivity index (χ3n) is 4.80. The number of rotatable bonds is 3. The number of nitrogens with zero attached hydrogens (tertiary/aromatic N) is 1. The van der Waals surface area contributed by atoms with Gasteiger partial charge < -0.3 is 0 Å². The fraction of sp³-hybridized carbons (Fsp3) is 0.500. The topological polar surface area (TPSA) is 41.5 Å². The number of hydrogen-bond acceptors (Lipinski definition) is 2. The molecule has 2 fully saturated rings. The normalized spacial score (nSPS) is 32.9. The van der Waals surface area contributed by atoms with E-state index in [1.807, 2.05) is 30.3 Å². The minimum atomic E-state index is 0.0987. The van der Waals surface area contributed by atoms with E-state index in [-0.39, 0.29) is 17.2 Å². The predicted molar refractivity (Wildman–Crippen MR) is 75.7 cm³/mol. The van der Waals surface area contributed by atoms with E-state index < -0.39 is 0 Å². The van der Waals surface area contributed by atoms with Crippen molar-refractivity contribution < 1.29 is 4.79 Å². The van der Waals surface area contributed by atoms with E-state index in [2.05, 4.69) is 17.5 Å². The molecule has 3 nitrogen and oxygen atoms in total. The van der Waals surface area contributed by atoms with Gasteiger partial charge in [0.15, 0.2) is 0 Å². The number of hydrogen-bond donors (Lipinski definition) is 1. The molecule has 3 atom stereocenters. The Balaban J connectivity index is 1.57. The summed E-state index contributed by atoms with van der Waals surface area (Å²) < 4.78 is 0. The zero-order valence-electron chi connectivity index (χ0n) is 11.3. The largest absolute Gasteiger partial charge is 0.273 e. The van der Waals surface area contributed by atoms with Crippen molar-refractivity contribution in [1.29, 1.82) is 0 Å². The summed E-state index contributed by atoms with van der Waals surface area (Å²) in [6.45, 7) is 2.25. The van der Waals surface area contributed by atoms with Crippen LogP contribution in [0.3, 0.4) is 0 Å². The molecule has 1 N–H and O–H groups in total. The second kappa shape index (κ2) is 4.80. The molecule has 0 bridgehead atoms. The predicted octanol–water partition coefficient (Wildman–Crippen LogP) is 2.96. The summed E-state index contributed by atoms with van der Waals surface area (Å²) >= 11 is 0. The molecule has 0 unspecified atom stereocenters. The minimum Gasteiger partial charge on any atom is -0.273 e. The lowest BCUT2D eigenvalue weighted by Gasteiger charge is -2.15. The van der Waals surface area contributed by atoms with Gasteiger partial charge in [-0.2, -0.15) is 5.10 Å². The van der Waals surface area contributed by atoms with E-state index in [9.17, 15) is 4.79 Å². The van der Waals surface area contributed by atoms with E-state index in [0.717, 1.165) is 5.56 Å². The van der Waals surface area contributed by atoms with Gasteiger partial charge in [0.05, 0.1) is 6.21 Å². The van der Waals surface area contributed by atoms with Crippen LogP contribution in [-0.2, 0) is 4.79 Å². The molecule has 0 aliphatic heterocycles. The Morgan fingerprint density at radius 2 is 2.16 bits per heavy atom. The van der Waals surface area contributed by atoms with Gasteiger partial charge in [-0.1, -0.05) is 50.1 Å². The molecule has 0 aromatic heterocycles. The van der Waals surface area contributed by atoms with Crippen LogP contribution >= 0.6 is 0 Å². The van der Waals surface area contributed by atoms with Crippen LogP contribution in [0.4, 0.5) is 0 Å². The minimum absolute atomic E-state index is 0.0987. The van der Waals surface area contributed by atoms with E-state index in [1.165, 1.54) is 25.7 Å². The van der Waals surface area contributed by atoms with E-state index in [4.69, 9.17) is 0 Å². The summed E-state index contributed by atoms with van der Waals surface area (Å²) in [4.78, 5) is 12.1. The lowest BCUT2D eigenvalue weighted by atomic mass is 9.90. The number of carbonyl (C=O) groups excluding carboxylic acids is 1. The van der Waals surface area contributed by atoms with Gasteiger partial charge in [-0.05, 0) is 29.7 Å². The van der Waals surface area contributed by atoms with Gasteiger partial charge in [0.1, 0.15) is 0 Å². The van der Waals surface area contributed by atoms with Gasteiger partial charge in [0.25, 0.3) is 0 Å². The number of hydrazone groups is 1. The summed E-state index contributed by atoms with van der Waals surface area (Å²) in [5.41, 5.74) is 3.96. The molecule has 2 saturated carbocycles. The Hall–Kier alpha value is -1.64. The van der Waals surface area contributed by atoms with E-state index >= 15 is 0 Å². The number of benzene rings is 1. The lowest BCUT2D eigenvalue weighted by molar-refractivity contribution is -0.123. The second-order valence-electron chi connectivity index (χ2n) is 5.98. The molecule has 1 amide bonds. The third-order valence-corrected chi connectivity index (χ3v) is 4.80. The number of amides is 1. The standard InChI is InChI=1S/C16H20N2O/c1-16-10-6-5-9-13(16)14(16)15(19)18-17-11-12-7-3-2-4-8-12/h2-4,7-8,11,13-14H,5-6,9-10H2,1H3,(H,18,19)/b17-11-/t13-,14+,16+/m1/s1. The first kappa shape index (κ1) is 12.4. The zero-order valence-corrected chi connectivity index (χ0v) is 11.3. The molecule has 0 radical (unpaired) electrons. The van der Waals surface area contributed by atoms with Crippen LogP contribution in [0.15, 0.2) is 35.4 Å². The molecular weight excluding hydrogens is 236 g/mol. The SMILES string of the molecule is C[C@]12CCCC[C@@H]1[C@H]2C(=O)N/N=C\c1ccccc1. The molecule has 1 aromatic rings. The maximum Gasteiger partial charge on any atom is 0.244 e. The second-order valence-corrected chi connectivity index (χ2v) is 5.98. The molecule has 3 heteroatoms. The summed E-state index contributed by atoms with van der Waals surface area (Å²) in [5.74, 6) is 0.873. The Labute approximate surface area is 114 Å². The summed E-state index contributed by atoms with van der Waals surface area (Å²) in [5, 5.41) is 4.07. The average molecular weight is 256 g/mol. The summed E-state index contributed by atoms with van der Waals surface area (Å²) in [7, 11) is 0. The van der Waals surface area contributed by atoms with Gasteiger partial charge in [-0.15, -0.1) is 0 Å². The number of fused-ring (bicyclic) bond motifs is 1. The summed E-state index contributed by atoms with van der Waals surface area (Å²) in [6, 6.07) is 9.81. The highest BCUT2D eigenvalue weighted by Crippen LogP contribution is 2.66. The highest BCUT2D eigenvalue weighted by molar-refractivity contribution is 5.85. The zero-order chi connectivity index (χ0) is 13.3. The van der Waals surface area contributed by atoms with Crippen molar-refractivity contribution in [2.75, 3.05) is 0 Å². The Morgan fingerprint density at radius 3 is 2.84 bits per heavy atom. The van der Waals surface area contributed by atoms with Crippen LogP contribution in [0, 0.1) is 17.3 Å². The number of nitrogens with one attached hydrogen (secondary N) is 1. The molecule has 2 aliphatic carbocycles. The fourth-order valence-electron chi connectivity index (χ4n) is 3.63. The van der Waals surface area contributed by atoms with Crippen LogP contribution in [0.1, 0.15) is 38.2 Å². The van der Waals surface area contributed by atoms with E-state index in [0.29, 0.717) is 5.92 Å². The molecule has 1 aromatic carbocycles. The Kier molecular flexibility index (Phi) is 3.13. The number of carbonyl (C=O) groups is 1. The van der Waals surface area contributed by atoms with Crippen molar-refractivity contribution in [3.8, 4) is 0 Å². The van der Waals surface area contributed by atoms with Gasteiger partial charge in [-0.3, -0.25) is 4.79 Å². The third kappa shape index (κ3) is 2.29. The van der Waals surface area contributed by atoms with Crippen molar-refractivity contribution in [2.45, 2.75) is 32.6 Å². The van der Waals surface area contributed by atoms with Crippen LogP contribution in [-0.4, -0.2) is 12.1 Å². The van der Waals surface area contributed by atoms with Gasteiger partial charge in [0.2, 0.25) is 5.91 Å². The molecular formula is C16H20N2O. The average Bonchev–Trinajstić information content (AvgIpc) is 3.05. The molecule has 0 spiro atoms. The highest BCUT2D eigenvalue weighted by atomic mass is 16.2. The van der Waals surface area contributed by atoms with Crippen molar-refractivity contribution >= 4 is 12.1 Å². The first-order valence-corrected chi connectivity index (χ1v) is 7.10. The maximum absolute atomic E-state index is 12.1. The van der Waals surface area contributed by atoms with Crippen molar-refractivity contribution in [2.24, 2.45) is 22.4 Å². The van der Waals surface area contributed by atoms with Crippen LogP contribution in [0.2, 0.25) is 0 Å². The quantitative estimate of drug-likeness (QED) is 0.655.